The molecule has 1 N–H and O–H groups in total. The van der Waals surface area contributed by atoms with E-state index in [9.17, 15) is 9.90 Å². The lowest BCUT2D eigenvalue weighted by Crippen LogP contribution is -2.49. The third-order valence-corrected chi connectivity index (χ3v) is 6.25. The van der Waals surface area contributed by atoms with Gasteiger partial charge in [0.05, 0.1) is 18.1 Å². The first-order chi connectivity index (χ1) is 10.0. The number of hydrogen-bond acceptors (Lipinski definition) is 3. The molecule has 4 aliphatic rings. The maximum Gasteiger partial charge on any atom is 0.233 e. The number of ether oxygens (including phenoxy) is 1. The average molecular weight is 285 g/mol. The summed E-state index contributed by atoms with van der Waals surface area (Å²) in [4.78, 5) is 14.9. The molecule has 2 saturated carbocycles. The van der Waals surface area contributed by atoms with Crippen LogP contribution >= 0.6 is 0 Å². The Labute approximate surface area is 123 Å². The molecule has 0 aromatic heterocycles. The summed E-state index contributed by atoms with van der Waals surface area (Å²) in [6, 6.07) is 8.04. The van der Waals surface area contributed by atoms with E-state index in [1.807, 2.05) is 43.0 Å². The van der Waals surface area contributed by atoms with E-state index in [0.717, 1.165) is 17.7 Å². The molecule has 0 unspecified atom stereocenters. The Hall–Kier alpha value is -1.39. The minimum atomic E-state index is -0.586. The van der Waals surface area contributed by atoms with Crippen molar-refractivity contribution in [3.8, 4) is 0 Å². The van der Waals surface area contributed by atoms with Crippen molar-refractivity contribution in [2.45, 2.75) is 38.2 Å². The summed E-state index contributed by atoms with van der Waals surface area (Å²) < 4.78 is 6.26. The van der Waals surface area contributed by atoms with Gasteiger partial charge in [-0.1, -0.05) is 12.1 Å². The van der Waals surface area contributed by atoms with E-state index in [0.29, 0.717) is 5.92 Å². The maximum atomic E-state index is 13.0. The minimum absolute atomic E-state index is 0.0609. The molecule has 0 radical (unpaired) electrons. The number of carbonyl (C=O) groups is 1. The van der Waals surface area contributed by atoms with Crippen molar-refractivity contribution in [2.24, 2.45) is 23.7 Å². The molecule has 21 heavy (non-hydrogen) atoms. The second kappa shape index (κ2) is 3.50. The highest BCUT2D eigenvalue weighted by atomic mass is 16.6. The number of carbonyl (C=O) groups excluding carboxylic acids is 1. The third-order valence-electron chi connectivity index (χ3n) is 6.25. The summed E-state index contributed by atoms with van der Waals surface area (Å²) in [7, 11) is 0. The molecule has 110 valence electrons. The molecule has 1 aromatic carbocycles. The fourth-order valence-corrected chi connectivity index (χ4v) is 5.63. The van der Waals surface area contributed by atoms with Crippen LogP contribution in [0.1, 0.15) is 18.9 Å². The van der Waals surface area contributed by atoms with Crippen LogP contribution in [0.4, 0.5) is 5.69 Å². The van der Waals surface area contributed by atoms with Gasteiger partial charge in [0.15, 0.2) is 0 Å². The average Bonchev–Trinajstić information content (AvgIpc) is 3.07. The lowest BCUT2D eigenvalue weighted by Gasteiger charge is -2.36. The fourth-order valence-electron chi connectivity index (χ4n) is 5.63. The van der Waals surface area contributed by atoms with E-state index < -0.39 is 11.8 Å². The molecule has 2 aliphatic heterocycles. The number of aliphatic hydroxyl groups is 1. The van der Waals surface area contributed by atoms with Crippen molar-refractivity contribution >= 4 is 11.6 Å². The highest BCUT2D eigenvalue weighted by molar-refractivity contribution is 6.00. The smallest absolute Gasteiger partial charge is 0.233 e. The van der Waals surface area contributed by atoms with Crippen molar-refractivity contribution < 1.29 is 14.6 Å². The Balaban J connectivity index is 1.66. The van der Waals surface area contributed by atoms with Crippen LogP contribution in [0.2, 0.25) is 0 Å². The van der Waals surface area contributed by atoms with Gasteiger partial charge in [-0.25, -0.2) is 0 Å². The number of anilines is 1. The Morgan fingerprint density at radius 2 is 2.19 bits per heavy atom. The molecule has 4 heteroatoms. The molecule has 2 aliphatic carbocycles. The minimum Gasteiger partial charge on any atom is -0.390 e. The number of fused-ring (bicyclic) bond motifs is 2. The maximum absolute atomic E-state index is 13.0. The Kier molecular flexibility index (Phi) is 2.03. The summed E-state index contributed by atoms with van der Waals surface area (Å²) in [5.74, 6) is 0.754. The van der Waals surface area contributed by atoms with Gasteiger partial charge < -0.3 is 9.84 Å². The molecule has 1 amide bonds. The molecule has 0 spiro atoms. The summed E-state index contributed by atoms with van der Waals surface area (Å²) >= 11 is 0. The topological polar surface area (TPSA) is 49.8 Å². The molecule has 4 nitrogen and oxygen atoms in total. The molecule has 7 atom stereocenters. The van der Waals surface area contributed by atoms with Crippen molar-refractivity contribution in [1.82, 2.24) is 0 Å². The molecule has 4 fully saturated rings. The van der Waals surface area contributed by atoms with Crippen LogP contribution < -0.4 is 4.90 Å². The van der Waals surface area contributed by atoms with E-state index in [2.05, 4.69) is 0 Å². The lowest BCUT2D eigenvalue weighted by atomic mass is 9.77. The van der Waals surface area contributed by atoms with Gasteiger partial charge in [0, 0.05) is 11.6 Å². The normalized spacial score (nSPS) is 49.5. The van der Waals surface area contributed by atoms with E-state index in [4.69, 9.17) is 4.74 Å². The van der Waals surface area contributed by atoms with Crippen LogP contribution in [0.25, 0.3) is 0 Å². The van der Waals surface area contributed by atoms with Crippen LogP contribution in [0, 0.1) is 30.6 Å². The fraction of sp³-hybridized carbons (Fsp3) is 0.588. The van der Waals surface area contributed by atoms with Crippen LogP contribution in [0.5, 0.6) is 0 Å². The molecular weight excluding hydrogens is 266 g/mol. The summed E-state index contributed by atoms with van der Waals surface area (Å²) in [5.41, 5.74) is 1.48. The van der Waals surface area contributed by atoms with E-state index in [1.165, 1.54) is 0 Å². The number of nitrogens with zero attached hydrogens (tertiary/aromatic N) is 1. The van der Waals surface area contributed by atoms with Gasteiger partial charge in [0.2, 0.25) is 5.91 Å². The molecule has 2 heterocycles. The van der Waals surface area contributed by atoms with Gasteiger partial charge in [-0.3, -0.25) is 9.69 Å². The van der Waals surface area contributed by atoms with Crippen LogP contribution in [0.3, 0.4) is 0 Å². The highest BCUT2D eigenvalue weighted by Gasteiger charge is 2.77. The highest BCUT2D eigenvalue weighted by Crippen LogP contribution is 2.67. The molecule has 1 aromatic rings. The standard InChI is InChI=1S/C17H19NO3/c1-8-4-3-5-9(6-8)18-16(20)12-10-7-11-13(12)17(18,2)21-15(11)14(10)19/h3-6,10-15,19H,7H2,1-2H3/t10-,11-,12-,13-,14+,15+,17-/m1/s1. The van der Waals surface area contributed by atoms with E-state index >= 15 is 0 Å². The number of benzene rings is 1. The van der Waals surface area contributed by atoms with Crippen LogP contribution in [-0.2, 0) is 9.53 Å². The van der Waals surface area contributed by atoms with Crippen molar-refractivity contribution in [1.29, 1.82) is 0 Å². The molecule has 2 bridgehead atoms. The first-order valence-corrected chi connectivity index (χ1v) is 7.79. The summed E-state index contributed by atoms with van der Waals surface area (Å²) in [5, 5.41) is 10.4. The van der Waals surface area contributed by atoms with Gasteiger partial charge in [0.25, 0.3) is 0 Å². The lowest BCUT2D eigenvalue weighted by molar-refractivity contribution is -0.131. The molecule has 2 saturated heterocycles. The third kappa shape index (κ3) is 1.19. The zero-order valence-electron chi connectivity index (χ0n) is 12.2. The second-order valence-electron chi connectivity index (χ2n) is 7.26. The number of aryl methyl sites for hydroxylation is 1. The molecular formula is C17H19NO3. The molecule has 5 rings (SSSR count). The van der Waals surface area contributed by atoms with Gasteiger partial charge in [0.1, 0.15) is 5.72 Å². The Bertz CT molecular complexity index is 659. The van der Waals surface area contributed by atoms with Gasteiger partial charge in [-0.2, -0.15) is 0 Å². The zero-order chi connectivity index (χ0) is 14.5. The monoisotopic (exact) mass is 285 g/mol. The van der Waals surface area contributed by atoms with Gasteiger partial charge >= 0.3 is 0 Å². The summed E-state index contributed by atoms with van der Waals surface area (Å²) in [6.45, 7) is 4.07. The zero-order valence-corrected chi connectivity index (χ0v) is 12.2. The number of rotatable bonds is 1. The van der Waals surface area contributed by atoms with Crippen molar-refractivity contribution in [3.63, 3.8) is 0 Å². The van der Waals surface area contributed by atoms with Gasteiger partial charge in [-0.05, 0) is 49.8 Å². The predicted octanol–water partition coefficient (Wildman–Crippen LogP) is 1.70. The predicted molar refractivity (Wildman–Crippen MR) is 76.5 cm³/mol. The first-order valence-electron chi connectivity index (χ1n) is 7.79. The quantitative estimate of drug-likeness (QED) is 0.854. The SMILES string of the molecule is Cc1cccc(N2C(=O)[C@@H]3[C@H]4C[C@H]5[C@H](O[C@]2(C)[C@H]53)[C@H]4O)c1. The van der Waals surface area contributed by atoms with E-state index in [-0.39, 0.29) is 29.8 Å². The summed E-state index contributed by atoms with van der Waals surface area (Å²) in [6.07, 6.45) is 0.410. The number of aliphatic hydroxyl groups excluding tert-OH is 1. The Morgan fingerprint density at radius 1 is 1.38 bits per heavy atom. The number of hydrogen-bond donors (Lipinski definition) is 1. The Morgan fingerprint density at radius 3 is 2.95 bits per heavy atom. The van der Waals surface area contributed by atoms with Gasteiger partial charge in [-0.15, -0.1) is 0 Å². The van der Waals surface area contributed by atoms with Crippen molar-refractivity contribution in [2.75, 3.05) is 4.90 Å². The van der Waals surface area contributed by atoms with Crippen molar-refractivity contribution in [3.05, 3.63) is 29.8 Å². The van der Waals surface area contributed by atoms with Crippen LogP contribution in [-0.4, -0.2) is 28.9 Å². The first kappa shape index (κ1) is 12.2. The largest absolute Gasteiger partial charge is 0.390 e. The van der Waals surface area contributed by atoms with E-state index in [1.54, 1.807) is 0 Å². The van der Waals surface area contributed by atoms with Crippen LogP contribution in [0.15, 0.2) is 24.3 Å². The number of amides is 1. The second-order valence-corrected chi connectivity index (χ2v) is 7.26.